The van der Waals surface area contributed by atoms with Crippen molar-refractivity contribution in [3.05, 3.63) is 54.7 Å². The molecular formula is C15H16N4. The molecule has 4 nitrogen and oxygen atoms in total. The summed E-state index contributed by atoms with van der Waals surface area (Å²) in [5.41, 5.74) is 2.08. The summed E-state index contributed by atoms with van der Waals surface area (Å²) in [6.07, 6.45) is 5.59. The Hall–Kier alpha value is -2.36. The minimum absolute atomic E-state index is 0.144. The number of nitrogens with zero attached hydrogens (tertiary/aromatic N) is 3. The van der Waals surface area contributed by atoms with Crippen LogP contribution in [0.5, 0.6) is 0 Å². The fourth-order valence-corrected chi connectivity index (χ4v) is 2.32. The number of anilines is 1. The van der Waals surface area contributed by atoms with Gasteiger partial charge in [-0.05, 0) is 31.2 Å². The van der Waals surface area contributed by atoms with Gasteiger partial charge in [0.05, 0.1) is 11.6 Å². The Morgan fingerprint density at radius 1 is 1.11 bits per heavy atom. The van der Waals surface area contributed by atoms with E-state index >= 15 is 0 Å². The molecule has 1 unspecified atom stereocenters. The normalized spacial score (nSPS) is 12.5. The average molecular weight is 252 g/mol. The van der Waals surface area contributed by atoms with E-state index in [0.29, 0.717) is 0 Å². The largest absolute Gasteiger partial charge is 0.375 e. The van der Waals surface area contributed by atoms with Crippen LogP contribution < -0.4 is 5.32 Å². The summed E-state index contributed by atoms with van der Waals surface area (Å²) in [4.78, 5) is 8.75. The van der Waals surface area contributed by atoms with Gasteiger partial charge in [-0.3, -0.25) is 4.98 Å². The highest BCUT2D eigenvalue weighted by Gasteiger charge is 2.11. The number of nitrogens with one attached hydrogen (secondary N) is 1. The van der Waals surface area contributed by atoms with Crippen molar-refractivity contribution >= 4 is 16.6 Å². The van der Waals surface area contributed by atoms with Gasteiger partial charge in [0.25, 0.3) is 0 Å². The highest BCUT2D eigenvalue weighted by molar-refractivity contribution is 5.91. The molecule has 0 fully saturated rings. The molecule has 0 saturated carbocycles. The van der Waals surface area contributed by atoms with E-state index in [1.165, 1.54) is 0 Å². The van der Waals surface area contributed by atoms with Crippen molar-refractivity contribution < 1.29 is 0 Å². The summed E-state index contributed by atoms with van der Waals surface area (Å²) in [6, 6.07) is 10.3. The monoisotopic (exact) mass is 252 g/mol. The second kappa shape index (κ2) is 4.72. The van der Waals surface area contributed by atoms with Gasteiger partial charge in [0.1, 0.15) is 5.82 Å². The van der Waals surface area contributed by atoms with Crippen LogP contribution in [0.1, 0.15) is 18.8 Å². The minimum atomic E-state index is 0.144. The fraction of sp³-hybridized carbons (Fsp3) is 0.200. The first kappa shape index (κ1) is 11.7. The molecule has 0 spiro atoms. The molecular weight excluding hydrogens is 236 g/mol. The van der Waals surface area contributed by atoms with E-state index in [1.807, 2.05) is 48.4 Å². The molecule has 0 radical (unpaired) electrons. The topological polar surface area (TPSA) is 42.7 Å². The highest BCUT2D eigenvalue weighted by atomic mass is 15.1. The molecule has 1 atom stereocenters. The van der Waals surface area contributed by atoms with Gasteiger partial charge < -0.3 is 9.88 Å². The number of rotatable bonds is 3. The molecule has 0 aliphatic heterocycles. The molecule has 1 N–H and O–H groups in total. The Kier molecular flexibility index (Phi) is 2.91. The van der Waals surface area contributed by atoms with Crippen molar-refractivity contribution in [1.82, 2.24) is 14.5 Å². The molecule has 3 aromatic rings. The summed E-state index contributed by atoms with van der Waals surface area (Å²) in [7, 11) is 2.01. The molecule has 2 heterocycles. The van der Waals surface area contributed by atoms with Crippen molar-refractivity contribution in [2.75, 3.05) is 5.32 Å². The van der Waals surface area contributed by atoms with Gasteiger partial charge in [0, 0.05) is 36.7 Å². The van der Waals surface area contributed by atoms with Crippen LogP contribution in [0, 0.1) is 0 Å². The van der Waals surface area contributed by atoms with Crippen LogP contribution in [-0.2, 0) is 7.05 Å². The summed E-state index contributed by atoms with van der Waals surface area (Å²) in [5.74, 6) is 1.01. The van der Waals surface area contributed by atoms with Gasteiger partial charge in [0.15, 0.2) is 0 Å². The van der Waals surface area contributed by atoms with Gasteiger partial charge in [-0.2, -0.15) is 0 Å². The highest BCUT2D eigenvalue weighted by Crippen LogP contribution is 2.25. The van der Waals surface area contributed by atoms with Gasteiger partial charge in [-0.15, -0.1) is 0 Å². The van der Waals surface area contributed by atoms with Crippen LogP contribution in [0.4, 0.5) is 5.69 Å². The fourth-order valence-electron chi connectivity index (χ4n) is 2.32. The second-order valence-corrected chi connectivity index (χ2v) is 4.64. The van der Waals surface area contributed by atoms with Crippen molar-refractivity contribution in [2.24, 2.45) is 7.05 Å². The predicted molar refractivity (Wildman–Crippen MR) is 77.0 cm³/mol. The Morgan fingerprint density at radius 3 is 2.79 bits per heavy atom. The van der Waals surface area contributed by atoms with Gasteiger partial charge in [0.2, 0.25) is 0 Å². The lowest BCUT2D eigenvalue weighted by Crippen LogP contribution is -2.12. The lowest BCUT2D eigenvalue weighted by atomic mass is 10.1. The number of imidazole rings is 1. The zero-order valence-corrected chi connectivity index (χ0v) is 11.0. The standard InChI is InChI=1S/C15H16N4/c1-11(15-17-9-10-19(15)2)18-14-7-3-6-13-12(14)5-4-8-16-13/h3-11,18H,1-2H3. The van der Waals surface area contributed by atoms with E-state index in [1.54, 1.807) is 0 Å². The van der Waals surface area contributed by atoms with Gasteiger partial charge in [-0.25, -0.2) is 4.98 Å². The molecule has 1 aromatic carbocycles. The first-order valence-corrected chi connectivity index (χ1v) is 6.33. The summed E-state index contributed by atoms with van der Waals surface area (Å²) in [5, 5.41) is 4.64. The van der Waals surface area contributed by atoms with E-state index in [-0.39, 0.29) is 6.04 Å². The quantitative estimate of drug-likeness (QED) is 0.778. The Labute approximate surface area is 112 Å². The minimum Gasteiger partial charge on any atom is -0.375 e. The number of pyridine rings is 1. The second-order valence-electron chi connectivity index (χ2n) is 4.64. The molecule has 0 bridgehead atoms. The molecule has 3 rings (SSSR count). The summed E-state index contributed by atoms with van der Waals surface area (Å²) < 4.78 is 2.03. The number of aromatic nitrogens is 3. The summed E-state index contributed by atoms with van der Waals surface area (Å²) in [6.45, 7) is 2.11. The maximum atomic E-state index is 4.38. The third-order valence-corrected chi connectivity index (χ3v) is 3.26. The Morgan fingerprint density at radius 2 is 2.00 bits per heavy atom. The van der Waals surface area contributed by atoms with Crippen LogP contribution >= 0.6 is 0 Å². The van der Waals surface area contributed by atoms with Crippen LogP contribution in [0.2, 0.25) is 0 Å². The van der Waals surface area contributed by atoms with E-state index in [0.717, 1.165) is 22.4 Å². The predicted octanol–water partition coefficient (Wildman–Crippen LogP) is 3.14. The third kappa shape index (κ3) is 2.17. The van der Waals surface area contributed by atoms with Gasteiger partial charge in [-0.1, -0.05) is 6.07 Å². The van der Waals surface area contributed by atoms with E-state index in [4.69, 9.17) is 0 Å². The Bertz CT molecular complexity index is 697. The van der Waals surface area contributed by atoms with Crippen LogP contribution in [0.3, 0.4) is 0 Å². The van der Waals surface area contributed by atoms with E-state index in [2.05, 4.69) is 34.3 Å². The molecule has 19 heavy (non-hydrogen) atoms. The lowest BCUT2D eigenvalue weighted by Gasteiger charge is -2.16. The number of hydrogen-bond donors (Lipinski definition) is 1. The third-order valence-electron chi connectivity index (χ3n) is 3.26. The zero-order chi connectivity index (χ0) is 13.2. The smallest absolute Gasteiger partial charge is 0.130 e. The number of benzene rings is 1. The number of aryl methyl sites for hydroxylation is 1. The first-order valence-electron chi connectivity index (χ1n) is 6.33. The van der Waals surface area contributed by atoms with Crippen LogP contribution in [-0.4, -0.2) is 14.5 Å². The zero-order valence-electron chi connectivity index (χ0n) is 11.0. The number of fused-ring (bicyclic) bond motifs is 1. The van der Waals surface area contributed by atoms with Gasteiger partial charge >= 0.3 is 0 Å². The summed E-state index contributed by atoms with van der Waals surface area (Å²) >= 11 is 0. The van der Waals surface area contributed by atoms with Crippen molar-refractivity contribution in [3.8, 4) is 0 Å². The van der Waals surface area contributed by atoms with E-state index in [9.17, 15) is 0 Å². The van der Waals surface area contributed by atoms with Crippen LogP contribution in [0.15, 0.2) is 48.9 Å². The Balaban J connectivity index is 1.96. The first-order chi connectivity index (χ1) is 9.25. The van der Waals surface area contributed by atoms with Crippen molar-refractivity contribution in [3.63, 3.8) is 0 Å². The molecule has 0 aliphatic carbocycles. The SMILES string of the molecule is CC(Nc1cccc2ncccc12)c1nccn1C. The molecule has 96 valence electrons. The van der Waals surface area contributed by atoms with Crippen LogP contribution in [0.25, 0.3) is 10.9 Å². The molecule has 0 amide bonds. The molecule has 0 saturated heterocycles. The lowest BCUT2D eigenvalue weighted by molar-refractivity contribution is 0.722. The number of hydrogen-bond acceptors (Lipinski definition) is 3. The maximum absolute atomic E-state index is 4.38. The van der Waals surface area contributed by atoms with Crippen molar-refractivity contribution in [2.45, 2.75) is 13.0 Å². The van der Waals surface area contributed by atoms with E-state index < -0.39 is 0 Å². The van der Waals surface area contributed by atoms with Crippen molar-refractivity contribution in [1.29, 1.82) is 0 Å². The molecule has 2 aromatic heterocycles. The molecule has 0 aliphatic rings. The maximum Gasteiger partial charge on any atom is 0.130 e. The molecule has 4 heteroatoms. The average Bonchev–Trinajstić information content (AvgIpc) is 2.85.